The lowest BCUT2D eigenvalue weighted by atomic mass is 9.82. The molecule has 1 N–H and O–H groups in total. The normalized spacial score (nSPS) is 29.5. The zero-order chi connectivity index (χ0) is 10.5. The Labute approximate surface area is 98.8 Å². The van der Waals surface area contributed by atoms with E-state index in [1.54, 1.807) is 0 Å². The van der Waals surface area contributed by atoms with Gasteiger partial charge in [0.25, 0.3) is 0 Å². The predicted molar refractivity (Wildman–Crippen MR) is 66.4 cm³/mol. The molecule has 0 amide bonds. The Morgan fingerprint density at radius 2 is 2.33 bits per heavy atom. The van der Waals surface area contributed by atoms with Crippen LogP contribution in [0.15, 0.2) is 22.7 Å². The molecule has 0 unspecified atom stereocenters. The van der Waals surface area contributed by atoms with Crippen molar-refractivity contribution in [3.63, 3.8) is 0 Å². The third kappa shape index (κ3) is 1.41. The number of nitrogens with zero attached hydrogens (tertiary/aromatic N) is 1. The molecule has 0 bridgehead atoms. The van der Waals surface area contributed by atoms with E-state index < -0.39 is 0 Å². The molecule has 2 heterocycles. The van der Waals surface area contributed by atoms with Crippen molar-refractivity contribution in [3.8, 4) is 0 Å². The summed E-state index contributed by atoms with van der Waals surface area (Å²) in [6.07, 6.45) is 1.28. The molecule has 0 radical (unpaired) electrons. The van der Waals surface area contributed by atoms with Crippen LogP contribution in [0.5, 0.6) is 0 Å². The largest absolute Gasteiger partial charge is 0.384 e. The molecule has 15 heavy (non-hydrogen) atoms. The van der Waals surface area contributed by atoms with Gasteiger partial charge < -0.3 is 10.2 Å². The lowest BCUT2D eigenvalue weighted by Crippen LogP contribution is -2.31. The minimum absolute atomic E-state index is 0.380. The summed E-state index contributed by atoms with van der Waals surface area (Å²) in [5, 5.41) is 3.54. The van der Waals surface area contributed by atoms with Gasteiger partial charge in [0, 0.05) is 28.7 Å². The number of nitrogens with one attached hydrogen (secondary N) is 1. The molecule has 3 heteroatoms. The first-order chi connectivity index (χ1) is 7.20. The first-order valence-corrected chi connectivity index (χ1v) is 6.21. The first-order valence-electron chi connectivity index (χ1n) is 5.42. The standard InChI is InChI=1S/C12H15BrN2/c1-15-5-4-12(8-15)7-14-11-6-9(13)2-3-10(11)12/h2-3,6,14H,4-5,7-8H2,1H3/t12-/m1/s1. The number of rotatable bonds is 0. The van der Waals surface area contributed by atoms with Crippen LogP contribution in [-0.4, -0.2) is 31.6 Å². The third-order valence-corrected chi connectivity index (χ3v) is 4.21. The van der Waals surface area contributed by atoms with Gasteiger partial charge >= 0.3 is 0 Å². The number of hydrogen-bond donors (Lipinski definition) is 1. The molecule has 1 aromatic carbocycles. The van der Waals surface area contributed by atoms with E-state index in [2.05, 4.69) is 51.4 Å². The highest BCUT2D eigenvalue weighted by atomic mass is 79.9. The zero-order valence-electron chi connectivity index (χ0n) is 8.89. The van der Waals surface area contributed by atoms with Gasteiger partial charge in [-0.2, -0.15) is 0 Å². The SMILES string of the molecule is CN1CC[C@@]2(CNc3cc(Br)ccc32)C1. The second-order valence-corrected chi connectivity index (χ2v) is 5.73. The van der Waals surface area contributed by atoms with Crippen molar-refractivity contribution in [1.82, 2.24) is 4.90 Å². The molecule has 2 aliphatic heterocycles. The fourth-order valence-corrected chi connectivity index (χ4v) is 3.29. The number of hydrogen-bond acceptors (Lipinski definition) is 2. The molecule has 3 rings (SSSR count). The summed E-state index contributed by atoms with van der Waals surface area (Å²) < 4.78 is 1.16. The van der Waals surface area contributed by atoms with Gasteiger partial charge in [-0.15, -0.1) is 0 Å². The maximum Gasteiger partial charge on any atom is 0.0391 e. The minimum atomic E-state index is 0.380. The fourth-order valence-electron chi connectivity index (χ4n) is 2.93. The number of likely N-dealkylation sites (tertiary alicyclic amines) is 1. The highest BCUT2D eigenvalue weighted by Crippen LogP contribution is 2.43. The van der Waals surface area contributed by atoms with Crippen molar-refractivity contribution < 1.29 is 0 Å². The number of likely N-dealkylation sites (N-methyl/N-ethyl adjacent to an activating group) is 1. The monoisotopic (exact) mass is 266 g/mol. The molecule has 1 saturated heterocycles. The number of halogens is 1. The zero-order valence-corrected chi connectivity index (χ0v) is 10.5. The van der Waals surface area contributed by atoms with Gasteiger partial charge in [-0.25, -0.2) is 0 Å². The summed E-state index contributed by atoms with van der Waals surface area (Å²) in [5.74, 6) is 0. The van der Waals surface area contributed by atoms with Gasteiger partial charge in [-0.3, -0.25) is 0 Å². The maximum atomic E-state index is 3.54. The van der Waals surface area contributed by atoms with E-state index in [4.69, 9.17) is 0 Å². The molecule has 0 aromatic heterocycles. The number of anilines is 1. The van der Waals surface area contributed by atoms with E-state index in [1.165, 1.54) is 30.8 Å². The van der Waals surface area contributed by atoms with E-state index >= 15 is 0 Å². The van der Waals surface area contributed by atoms with Crippen LogP contribution >= 0.6 is 15.9 Å². The molecule has 2 aliphatic rings. The Morgan fingerprint density at radius 1 is 1.47 bits per heavy atom. The Hall–Kier alpha value is -0.540. The van der Waals surface area contributed by atoms with E-state index in [-0.39, 0.29) is 0 Å². The van der Waals surface area contributed by atoms with E-state index in [0.717, 1.165) is 11.0 Å². The van der Waals surface area contributed by atoms with Gasteiger partial charge in [0.2, 0.25) is 0 Å². The van der Waals surface area contributed by atoms with Crippen LogP contribution in [0, 0.1) is 0 Å². The number of fused-ring (bicyclic) bond motifs is 2. The average molecular weight is 267 g/mol. The summed E-state index contributed by atoms with van der Waals surface area (Å²) in [6.45, 7) is 3.51. The molecule has 1 aromatic rings. The van der Waals surface area contributed by atoms with E-state index in [9.17, 15) is 0 Å². The second-order valence-electron chi connectivity index (χ2n) is 4.81. The highest BCUT2D eigenvalue weighted by molar-refractivity contribution is 9.10. The minimum Gasteiger partial charge on any atom is -0.384 e. The van der Waals surface area contributed by atoms with Crippen molar-refractivity contribution in [1.29, 1.82) is 0 Å². The highest BCUT2D eigenvalue weighted by Gasteiger charge is 2.43. The molecule has 1 spiro atoms. The fraction of sp³-hybridized carbons (Fsp3) is 0.500. The van der Waals surface area contributed by atoms with Crippen molar-refractivity contribution in [2.75, 3.05) is 32.0 Å². The van der Waals surface area contributed by atoms with Gasteiger partial charge in [-0.05, 0) is 37.7 Å². The maximum absolute atomic E-state index is 3.54. The molecule has 2 nitrogen and oxygen atoms in total. The van der Waals surface area contributed by atoms with Gasteiger partial charge in [0.1, 0.15) is 0 Å². The molecule has 80 valence electrons. The van der Waals surface area contributed by atoms with Crippen LogP contribution in [0.4, 0.5) is 5.69 Å². The lowest BCUT2D eigenvalue weighted by Gasteiger charge is -2.23. The van der Waals surface area contributed by atoms with Crippen molar-refractivity contribution >= 4 is 21.6 Å². The predicted octanol–water partition coefficient (Wildman–Crippen LogP) is 2.45. The van der Waals surface area contributed by atoms with Crippen molar-refractivity contribution in [3.05, 3.63) is 28.2 Å². The summed E-state index contributed by atoms with van der Waals surface area (Å²) in [5.41, 5.74) is 3.21. The van der Waals surface area contributed by atoms with Crippen LogP contribution < -0.4 is 5.32 Å². The van der Waals surface area contributed by atoms with Crippen LogP contribution in [0.3, 0.4) is 0 Å². The Morgan fingerprint density at radius 3 is 3.07 bits per heavy atom. The van der Waals surface area contributed by atoms with Gasteiger partial charge in [-0.1, -0.05) is 22.0 Å². The molecule has 1 fully saturated rings. The third-order valence-electron chi connectivity index (χ3n) is 3.71. The topological polar surface area (TPSA) is 15.3 Å². The average Bonchev–Trinajstić information content (AvgIpc) is 2.73. The summed E-state index contributed by atoms with van der Waals surface area (Å²) in [7, 11) is 2.21. The van der Waals surface area contributed by atoms with Crippen LogP contribution in [0.2, 0.25) is 0 Å². The van der Waals surface area contributed by atoms with Crippen LogP contribution in [0.1, 0.15) is 12.0 Å². The Balaban J connectivity index is 2.04. The smallest absolute Gasteiger partial charge is 0.0391 e. The van der Waals surface area contributed by atoms with Gasteiger partial charge in [0.05, 0.1) is 0 Å². The van der Waals surface area contributed by atoms with Crippen LogP contribution in [-0.2, 0) is 5.41 Å². The first kappa shape index (κ1) is 9.67. The quantitative estimate of drug-likeness (QED) is 0.776. The molecular formula is C12H15BrN2. The van der Waals surface area contributed by atoms with Crippen molar-refractivity contribution in [2.45, 2.75) is 11.8 Å². The summed E-state index contributed by atoms with van der Waals surface area (Å²) in [4.78, 5) is 2.43. The second kappa shape index (κ2) is 3.22. The molecule has 0 aliphatic carbocycles. The molecule has 1 atom stereocenters. The molecule has 0 saturated carbocycles. The van der Waals surface area contributed by atoms with E-state index in [0.29, 0.717) is 5.41 Å². The summed E-state index contributed by atoms with van der Waals surface area (Å²) in [6, 6.07) is 6.63. The Kier molecular flexibility index (Phi) is 2.08. The molecular weight excluding hydrogens is 252 g/mol. The Bertz CT molecular complexity index is 405. The summed E-state index contributed by atoms with van der Waals surface area (Å²) >= 11 is 3.52. The van der Waals surface area contributed by atoms with Gasteiger partial charge in [0.15, 0.2) is 0 Å². The van der Waals surface area contributed by atoms with Crippen LogP contribution in [0.25, 0.3) is 0 Å². The van der Waals surface area contributed by atoms with E-state index in [1.807, 2.05) is 0 Å². The lowest BCUT2D eigenvalue weighted by molar-refractivity contribution is 0.381. The number of benzene rings is 1. The van der Waals surface area contributed by atoms with Crippen molar-refractivity contribution in [2.24, 2.45) is 0 Å².